The van der Waals surface area contributed by atoms with E-state index in [-0.39, 0.29) is 0 Å². The maximum absolute atomic E-state index is 5.38. The highest BCUT2D eigenvalue weighted by atomic mass is 15.3. The van der Waals surface area contributed by atoms with Gasteiger partial charge in [0.15, 0.2) is 0 Å². The number of benzene rings is 1. The Labute approximate surface area is 118 Å². The zero-order valence-electron chi connectivity index (χ0n) is 11.6. The van der Waals surface area contributed by atoms with Crippen LogP contribution in [-0.2, 0) is 6.42 Å². The summed E-state index contributed by atoms with van der Waals surface area (Å²) in [5, 5.41) is 3.53. The standard InChI is InChI=1S/C15H19N5/c1-10-9-17-15(20-16)19-14(10)18-13-8-4-6-11-5-2-3-7-12(11)13/h2-3,5,7,9,13H,4,6,8,16H2,1H3,(H2,17,18,19,20). The van der Waals surface area contributed by atoms with Crippen molar-refractivity contribution in [2.45, 2.75) is 32.2 Å². The van der Waals surface area contributed by atoms with Gasteiger partial charge in [-0.15, -0.1) is 0 Å². The summed E-state index contributed by atoms with van der Waals surface area (Å²) in [5.74, 6) is 6.65. The third kappa shape index (κ3) is 2.44. The summed E-state index contributed by atoms with van der Waals surface area (Å²) in [4.78, 5) is 8.51. The summed E-state index contributed by atoms with van der Waals surface area (Å²) >= 11 is 0. The average Bonchev–Trinajstić information content (AvgIpc) is 2.50. The van der Waals surface area contributed by atoms with Crippen molar-refractivity contribution in [1.29, 1.82) is 0 Å². The predicted molar refractivity (Wildman–Crippen MR) is 80.3 cm³/mol. The topological polar surface area (TPSA) is 75.9 Å². The minimum absolute atomic E-state index is 0.305. The molecule has 104 valence electrons. The summed E-state index contributed by atoms with van der Waals surface area (Å²) in [6.07, 6.45) is 5.25. The Hall–Kier alpha value is -2.14. The SMILES string of the molecule is Cc1cnc(NN)nc1NC1CCCc2ccccc21. The smallest absolute Gasteiger partial charge is 0.239 e. The van der Waals surface area contributed by atoms with Crippen molar-refractivity contribution in [2.24, 2.45) is 5.84 Å². The molecule has 4 N–H and O–H groups in total. The quantitative estimate of drug-likeness (QED) is 0.590. The summed E-state index contributed by atoms with van der Waals surface area (Å²) in [6, 6.07) is 8.92. The van der Waals surface area contributed by atoms with E-state index >= 15 is 0 Å². The molecule has 1 heterocycles. The average molecular weight is 269 g/mol. The maximum atomic E-state index is 5.38. The number of aryl methyl sites for hydroxylation is 2. The van der Waals surface area contributed by atoms with Crippen LogP contribution in [0.3, 0.4) is 0 Å². The van der Waals surface area contributed by atoms with Gasteiger partial charge in [-0.2, -0.15) is 4.98 Å². The van der Waals surface area contributed by atoms with Gasteiger partial charge in [-0.3, -0.25) is 5.43 Å². The molecule has 3 rings (SSSR count). The van der Waals surface area contributed by atoms with Gasteiger partial charge in [0, 0.05) is 11.8 Å². The van der Waals surface area contributed by atoms with Gasteiger partial charge in [0.25, 0.3) is 0 Å². The highest BCUT2D eigenvalue weighted by Gasteiger charge is 2.20. The van der Waals surface area contributed by atoms with Crippen molar-refractivity contribution in [3.63, 3.8) is 0 Å². The third-order valence-electron chi connectivity index (χ3n) is 3.78. The van der Waals surface area contributed by atoms with Gasteiger partial charge < -0.3 is 5.32 Å². The van der Waals surface area contributed by atoms with E-state index in [9.17, 15) is 0 Å². The fraction of sp³-hybridized carbons (Fsp3) is 0.333. The number of nitrogens with one attached hydrogen (secondary N) is 2. The lowest BCUT2D eigenvalue weighted by atomic mass is 9.88. The molecule has 0 saturated heterocycles. The number of hydrazine groups is 1. The first-order valence-corrected chi connectivity index (χ1v) is 6.92. The van der Waals surface area contributed by atoms with Crippen LogP contribution in [0.25, 0.3) is 0 Å². The second-order valence-corrected chi connectivity index (χ2v) is 5.16. The van der Waals surface area contributed by atoms with Crippen LogP contribution in [0.4, 0.5) is 11.8 Å². The molecule has 0 fully saturated rings. The van der Waals surface area contributed by atoms with Gasteiger partial charge in [-0.05, 0) is 37.3 Å². The molecule has 1 aliphatic rings. The number of hydrogen-bond acceptors (Lipinski definition) is 5. The lowest BCUT2D eigenvalue weighted by molar-refractivity contribution is 0.598. The van der Waals surface area contributed by atoms with Gasteiger partial charge in [0.05, 0.1) is 6.04 Å². The first kappa shape index (κ1) is 12.9. The highest BCUT2D eigenvalue weighted by molar-refractivity contribution is 5.49. The minimum Gasteiger partial charge on any atom is -0.363 e. The largest absolute Gasteiger partial charge is 0.363 e. The molecule has 0 amide bonds. The second kappa shape index (κ2) is 5.46. The van der Waals surface area contributed by atoms with Crippen molar-refractivity contribution in [3.8, 4) is 0 Å². The van der Waals surface area contributed by atoms with Gasteiger partial charge >= 0.3 is 0 Å². The number of aromatic nitrogens is 2. The number of nitrogens with two attached hydrogens (primary N) is 1. The minimum atomic E-state index is 0.305. The molecule has 1 atom stereocenters. The number of anilines is 2. The third-order valence-corrected chi connectivity index (χ3v) is 3.78. The number of nitrogens with zero attached hydrogens (tertiary/aromatic N) is 2. The molecule has 1 aromatic carbocycles. The van der Waals surface area contributed by atoms with Crippen LogP contribution in [0.2, 0.25) is 0 Å². The number of fused-ring (bicyclic) bond motifs is 1. The number of hydrogen-bond donors (Lipinski definition) is 3. The van der Waals surface area contributed by atoms with Crippen molar-refractivity contribution in [1.82, 2.24) is 9.97 Å². The molecule has 1 aromatic heterocycles. The van der Waals surface area contributed by atoms with E-state index in [1.165, 1.54) is 17.5 Å². The fourth-order valence-electron chi connectivity index (χ4n) is 2.73. The van der Waals surface area contributed by atoms with E-state index < -0.39 is 0 Å². The number of rotatable bonds is 3. The first-order valence-electron chi connectivity index (χ1n) is 6.92. The lowest BCUT2D eigenvalue weighted by Crippen LogP contribution is -2.19. The van der Waals surface area contributed by atoms with E-state index in [1.54, 1.807) is 6.20 Å². The zero-order chi connectivity index (χ0) is 13.9. The molecule has 0 radical (unpaired) electrons. The Morgan fingerprint density at radius 1 is 1.30 bits per heavy atom. The Balaban J connectivity index is 1.89. The molecule has 0 aliphatic heterocycles. The highest BCUT2D eigenvalue weighted by Crippen LogP contribution is 2.32. The molecule has 20 heavy (non-hydrogen) atoms. The van der Waals surface area contributed by atoms with Crippen molar-refractivity contribution < 1.29 is 0 Å². The predicted octanol–water partition coefficient (Wildman–Crippen LogP) is 2.56. The van der Waals surface area contributed by atoms with Crippen LogP contribution in [0.1, 0.15) is 35.6 Å². The van der Waals surface area contributed by atoms with Crippen molar-refractivity contribution in [2.75, 3.05) is 10.7 Å². The molecule has 1 aliphatic carbocycles. The molecule has 0 saturated carbocycles. The van der Waals surface area contributed by atoms with Crippen LogP contribution in [-0.4, -0.2) is 9.97 Å². The summed E-state index contributed by atoms with van der Waals surface area (Å²) in [5.41, 5.74) is 6.31. The Bertz CT molecular complexity index is 611. The van der Waals surface area contributed by atoms with Gasteiger partial charge in [-0.25, -0.2) is 10.8 Å². The van der Waals surface area contributed by atoms with E-state index in [1.807, 2.05) is 6.92 Å². The summed E-state index contributed by atoms with van der Waals surface area (Å²) in [7, 11) is 0. The van der Waals surface area contributed by atoms with E-state index in [0.29, 0.717) is 12.0 Å². The van der Waals surface area contributed by atoms with Crippen molar-refractivity contribution >= 4 is 11.8 Å². The van der Waals surface area contributed by atoms with Crippen LogP contribution in [0.5, 0.6) is 0 Å². The van der Waals surface area contributed by atoms with Gasteiger partial charge in [0.1, 0.15) is 5.82 Å². The molecule has 2 aromatic rings. The normalized spacial score (nSPS) is 17.4. The second-order valence-electron chi connectivity index (χ2n) is 5.16. The fourth-order valence-corrected chi connectivity index (χ4v) is 2.73. The molecule has 1 unspecified atom stereocenters. The molecule has 0 bridgehead atoms. The van der Waals surface area contributed by atoms with Crippen molar-refractivity contribution in [3.05, 3.63) is 47.2 Å². The molecule has 0 spiro atoms. The molecular formula is C15H19N5. The van der Waals surface area contributed by atoms with Crippen LogP contribution >= 0.6 is 0 Å². The molecule has 5 heteroatoms. The van der Waals surface area contributed by atoms with Gasteiger partial charge in [0.2, 0.25) is 5.95 Å². The first-order chi connectivity index (χ1) is 9.78. The molecule has 5 nitrogen and oxygen atoms in total. The zero-order valence-corrected chi connectivity index (χ0v) is 11.6. The Kier molecular flexibility index (Phi) is 3.52. The van der Waals surface area contributed by atoms with Crippen LogP contribution < -0.4 is 16.6 Å². The van der Waals surface area contributed by atoms with Crippen LogP contribution in [0.15, 0.2) is 30.5 Å². The molecular weight excluding hydrogens is 250 g/mol. The summed E-state index contributed by atoms with van der Waals surface area (Å²) < 4.78 is 0. The Morgan fingerprint density at radius 2 is 2.15 bits per heavy atom. The van der Waals surface area contributed by atoms with Gasteiger partial charge in [-0.1, -0.05) is 24.3 Å². The number of nitrogen functional groups attached to an aromatic ring is 1. The summed E-state index contributed by atoms with van der Waals surface area (Å²) in [6.45, 7) is 2.00. The van der Waals surface area contributed by atoms with Crippen LogP contribution in [0, 0.1) is 6.92 Å². The monoisotopic (exact) mass is 269 g/mol. The lowest BCUT2D eigenvalue weighted by Gasteiger charge is -2.27. The Morgan fingerprint density at radius 3 is 3.00 bits per heavy atom. The van der Waals surface area contributed by atoms with E-state index in [4.69, 9.17) is 5.84 Å². The van der Waals surface area contributed by atoms with E-state index in [2.05, 4.69) is 45.0 Å². The van der Waals surface area contributed by atoms with E-state index in [0.717, 1.165) is 24.2 Å². The maximum Gasteiger partial charge on any atom is 0.239 e.